The number of hydrogen-bond donors (Lipinski definition) is 1. The monoisotopic (exact) mass is 225 g/mol. The van der Waals surface area contributed by atoms with Gasteiger partial charge in [-0.3, -0.25) is 9.69 Å². The number of nitrogens with one attached hydrogen (secondary N) is 1. The van der Waals surface area contributed by atoms with Gasteiger partial charge in [-0.15, -0.1) is 0 Å². The molecule has 0 fully saturated rings. The summed E-state index contributed by atoms with van der Waals surface area (Å²) in [6, 6.07) is 2.12. The van der Waals surface area contributed by atoms with Gasteiger partial charge in [0.25, 0.3) is 0 Å². The van der Waals surface area contributed by atoms with E-state index in [-0.39, 0.29) is 5.91 Å². The molecular weight excluding hydrogens is 202 g/mol. The summed E-state index contributed by atoms with van der Waals surface area (Å²) in [6.07, 6.45) is 2.49. The van der Waals surface area contributed by atoms with Crippen LogP contribution in [0.1, 0.15) is 33.1 Å². The molecule has 0 aromatic heterocycles. The maximum atomic E-state index is 11.4. The number of likely N-dealkylation sites (N-methyl/N-ethyl adjacent to an activating group) is 1. The van der Waals surface area contributed by atoms with Crippen LogP contribution in [0.25, 0.3) is 0 Å². The number of hydrogen-bond acceptors (Lipinski definition) is 3. The molecule has 4 nitrogen and oxygen atoms in total. The predicted molar refractivity (Wildman–Crippen MR) is 64.8 cm³/mol. The molecule has 0 aliphatic heterocycles. The van der Waals surface area contributed by atoms with Gasteiger partial charge in [-0.25, -0.2) is 0 Å². The maximum absolute atomic E-state index is 11.4. The molecule has 0 saturated heterocycles. The molecule has 1 amide bonds. The minimum Gasteiger partial charge on any atom is -0.355 e. The fourth-order valence-electron chi connectivity index (χ4n) is 1.28. The number of unbranched alkanes of at least 4 members (excludes halogenated alkanes) is 2. The molecule has 0 aromatic carbocycles. The Kier molecular flexibility index (Phi) is 8.55. The van der Waals surface area contributed by atoms with E-state index in [0.29, 0.717) is 18.9 Å². The highest BCUT2D eigenvalue weighted by Gasteiger charge is 2.06. The summed E-state index contributed by atoms with van der Waals surface area (Å²) < 4.78 is 0. The van der Waals surface area contributed by atoms with Crippen LogP contribution < -0.4 is 5.32 Å². The summed E-state index contributed by atoms with van der Waals surface area (Å²) in [5.74, 6) is 0.571. The molecule has 0 saturated carbocycles. The Morgan fingerprint density at radius 3 is 2.69 bits per heavy atom. The van der Waals surface area contributed by atoms with E-state index < -0.39 is 0 Å². The fraction of sp³-hybridized carbons (Fsp3) is 0.833. The van der Waals surface area contributed by atoms with Crippen molar-refractivity contribution >= 4 is 5.91 Å². The number of carbonyl (C=O) groups excluding carboxylic acids is 1. The van der Waals surface area contributed by atoms with Crippen molar-refractivity contribution in [3.63, 3.8) is 0 Å². The Bertz CT molecular complexity index is 233. The van der Waals surface area contributed by atoms with Crippen LogP contribution in [0.3, 0.4) is 0 Å². The summed E-state index contributed by atoms with van der Waals surface area (Å²) in [5.41, 5.74) is 0. The summed E-state index contributed by atoms with van der Waals surface area (Å²) in [7, 11) is 1.93. The van der Waals surface area contributed by atoms with Gasteiger partial charge in [-0.1, -0.05) is 13.8 Å². The van der Waals surface area contributed by atoms with Crippen LogP contribution >= 0.6 is 0 Å². The topological polar surface area (TPSA) is 56.1 Å². The molecule has 4 heteroatoms. The Morgan fingerprint density at radius 2 is 2.12 bits per heavy atom. The minimum absolute atomic E-state index is 0.0801. The number of nitriles is 1. The van der Waals surface area contributed by atoms with Crippen LogP contribution in [0.2, 0.25) is 0 Å². The van der Waals surface area contributed by atoms with Gasteiger partial charge in [-0.05, 0) is 32.4 Å². The second kappa shape index (κ2) is 9.17. The van der Waals surface area contributed by atoms with Gasteiger partial charge in [0.2, 0.25) is 5.91 Å². The van der Waals surface area contributed by atoms with Crippen molar-refractivity contribution in [2.24, 2.45) is 5.92 Å². The molecule has 92 valence electrons. The van der Waals surface area contributed by atoms with Crippen LogP contribution in [0.15, 0.2) is 0 Å². The highest BCUT2D eigenvalue weighted by molar-refractivity contribution is 5.77. The summed E-state index contributed by atoms with van der Waals surface area (Å²) in [4.78, 5) is 13.4. The first-order valence-corrected chi connectivity index (χ1v) is 5.88. The third-order valence-corrected chi connectivity index (χ3v) is 2.20. The second-order valence-corrected chi connectivity index (χ2v) is 4.55. The molecule has 0 spiro atoms. The Labute approximate surface area is 98.6 Å². The van der Waals surface area contributed by atoms with Crippen LogP contribution in [0, 0.1) is 17.2 Å². The molecule has 0 aliphatic rings. The van der Waals surface area contributed by atoms with Crippen LogP contribution in [0.4, 0.5) is 0 Å². The zero-order chi connectivity index (χ0) is 12.4. The third-order valence-electron chi connectivity index (χ3n) is 2.20. The van der Waals surface area contributed by atoms with Crippen molar-refractivity contribution in [3.05, 3.63) is 0 Å². The molecule has 0 rings (SSSR count). The van der Waals surface area contributed by atoms with E-state index in [9.17, 15) is 4.79 Å². The van der Waals surface area contributed by atoms with Crippen molar-refractivity contribution < 1.29 is 4.79 Å². The summed E-state index contributed by atoms with van der Waals surface area (Å²) in [6.45, 7) is 6.20. The van der Waals surface area contributed by atoms with Gasteiger partial charge in [0.05, 0.1) is 12.6 Å². The van der Waals surface area contributed by atoms with Gasteiger partial charge >= 0.3 is 0 Å². The standard InChI is InChI=1S/C12H23N3O/c1-11(2)9-14-12(16)10-15(3)8-6-4-5-7-13/h11H,4-6,8-10H2,1-3H3,(H,14,16). The number of nitrogens with zero attached hydrogens (tertiary/aromatic N) is 2. The van der Waals surface area contributed by atoms with Crippen LogP contribution in [-0.4, -0.2) is 37.5 Å². The van der Waals surface area contributed by atoms with Crippen molar-refractivity contribution in [3.8, 4) is 6.07 Å². The summed E-state index contributed by atoms with van der Waals surface area (Å²) >= 11 is 0. The Hall–Kier alpha value is -1.08. The molecule has 0 bridgehead atoms. The zero-order valence-electron chi connectivity index (χ0n) is 10.6. The number of amides is 1. The largest absolute Gasteiger partial charge is 0.355 e. The van der Waals surface area contributed by atoms with Gasteiger partial charge in [0.15, 0.2) is 0 Å². The van der Waals surface area contributed by atoms with E-state index in [4.69, 9.17) is 5.26 Å². The maximum Gasteiger partial charge on any atom is 0.234 e. The normalized spacial score (nSPS) is 10.5. The molecule has 16 heavy (non-hydrogen) atoms. The van der Waals surface area contributed by atoms with Gasteiger partial charge in [0, 0.05) is 13.0 Å². The second-order valence-electron chi connectivity index (χ2n) is 4.55. The van der Waals surface area contributed by atoms with E-state index in [1.807, 2.05) is 11.9 Å². The van der Waals surface area contributed by atoms with Crippen molar-refractivity contribution in [1.29, 1.82) is 5.26 Å². The lowest BCUT2D eigenvalue weighted by molar-refractivity contribution is -0.122. The average Bonchev–Trinajstić information content (AvgIpc) is 2.21. The Morgan fingerprint density at radius 1 is 1.44 bits per heavy atom. The quantitative estimate of drug-likeness (QED) is 0.635. The average molecular weight is 225 g/mol. The number of rotatable bonds is 8. The van der Waals surface area contributed by atoms with Crippen molar-refractivity contribution in [1.82, 2.24) is 10.2 Å². The number of carbonyl (C=O) groups is 1. The lowest BCUT2D eigenvalue weighted by atomic mass is 10.2. The molecule has 0 aromatic rings. The van der Waals surface area contributed by atoms with E-state index in [1.165, 1.54) is 0 Å². The molecule has 0 aliphatic carbocycles. The zero-order valence-corrected chi connectivity index (χ0v) is 10.6. The summed E-state index contributed by atoms with van der Waals surface area (Å²) in [5, 5.41) is 11.3. The van der Waals surface area contributed by atoms with E-state index in [1.54, 1.807) is 0 Å². The third kappa shape index (κ3) is 9.47. The molecular formula is C12H23N3O. The smallest absolute Gasteiger partial charge is 0.234 e. The molecule has 0 heterocycles. The molecule has 0 radical (unpaired) electrons. The highest BCUT2D eigenvalue weighted by Crippen LogP contribution is 1.96. The van der Waals surface area contributed by atoms with Crippen molar-refractivity contribution in [2.75, 3.05) is 26.7 Å². The highest BCUT2D eigenvalue weighted by atomic mass is 16.2. The lowest BCUT2D eigenvalue weighted by Gasteiger charge is -2.16. The van der Waals surface area contributed by atoms with E-state index in [0.717, 1.165) is 25.9 Å². The first-order valence-electron chi connectivity index (χ1n) is 5.88. The molecule has 0 unspecified atom stereocenters. The first-order chi connectivity index (χ1) is 7.56. The van der Waals surface area contributed by atoms with Gasteiger partial charge < -0.3 is 5.32 Å². The van der Waals surface area contributed by atoms with E-state index >= 15 is 0 Å². The fourth-order valence-corrected chi connectivity index (χ4v) is 1.28. The Balaban J connectivity index is 3.51. The SMILES string of the molecule is CC(C)CNC(=O)CN(C)CCCCC#N. The van der Waals surface area contributed by atoms with Crippen LogP contribution in [0.5, 0.6) is 0 Å². The lowest BCUT2D eigenvalue weighted by Crippen LogP contribution is -2.37. The molecule has 1 N–H and O–H groups in total. The van der Waals surface area contributed by atoms with Crippen molar-refractivity contribution in [2.45, 2.75) is 33.1 Å². The van der Waals surface area contributed by atoms with Gasteiger partial charge in [-0.2, -0.15) is 5.26 Å². The predicted octanol–water partition coefficient (Wildman–Crippen LogP) is 1.38. The minimum atomic E-state index is 0.0801. The first kappa shape index (κ1) is 14.9. The van der Waals surface area contributed by atoms with Crippen LogP contribution in [-0.2, 0) is 4.79 Å². The van der Waals surface area contributed by atoms with E-state index in [2.05, 4.69) is 25.2 Å². The molecule has 0 atom stereocenters. The van der Waals surface area contributed by atoms with Gasteiger partial charge in [0.1, 0.15) is 0 Å².